The average Bonchev–Trinajstić information content (AvgIpc) is 2.92. The minimum Gasteiger partial charge on any atom is -0.325 e. The summed E-state index contributed by atoms with van der Waals surface area (Å²) in [6, 6.07) is 0.844. The summed E-state index contributed by atoms with van der Waals surface area (Å²) in [5.41, 5.74) is 6.40. The standard InChI is InChI=1S/C12H22N2/c1-2-9-14(11-4-5-11)10-8-12(13)6-3-7-12/h2,11H,1,3-10,13H2. The van der Waals surface area contributed by atoms with Gasteiger partial charge in [-0.3, -0.25) is 4.90 Å². The molecule has 2 aliphatic carbocycles. The smallest absolute Gasteiger partial charge is 0.0166 e. The quantitative estimate of drug-likeness (QED) is 0.654. The van der Waals surface area contributed by atoms with Crippen molar-refractivity contribution in [2.45, 2.75) is 50.1 Å². The van der Waals surface area contributed by atoms with Crippen LogP contribution in [0.25, 0.3) is 0 Å². The molecule has 0 heterocycles. The Morgan fingerprint density at radius 2 is 2.14 bits per heavy atom. The minimum atomic E-state index is 0.189. The highest BCUT2D eigenvalue weighted by Crippen LogP contribution is 2.34. The molecule has 0 spiro atoms. The van der Waals surface area contributed by atoms with Crippen molar-refractivity contribution in [1.82, 2.24) is 4.90 Å². The Balaban J connectivity index is 1.73. The monoisotopic (exact) mass is 194 g/mol. The van der Waals surface area contributed by atoms with Crippen LogP contribution in [0, 0.1) is 0 Å². The van der Waals surface area contributed by atoms with Crippen LogP contribution in [0.2, 0.25) is 0 Å². The van der Waals surface area contributed by atoms with E-state index in [4.69, 9.17) is 5.73 Å². The van der Waals surface area contributed by atoms with Crippen molar-refractivity contribution in [2.24, 2.45) is 5.73 Å². The van der Waals surface area contributed by atoms with Crippen LogP contribution in [0.4, 0.5) is 0 Å². The lowest BCUT2D eigenvalue weighted by molar-refractivity contribution is 0.185. The van der Waals surface area contributed by atoms with Crippen LogP contribution in [-0.2, 0) is 0 Å². The second-order valence-electron chi connectivity index (χ2n) is 4.98. The van der Waals surface area contributed by atoms with Gasteiger partial charge in [0, 0.05) is 24.7 Å². The van der Waals surface area contributed by atoms with Crippen molar-refractivity contribution in [3.63, 3.8) is 0 Å². The van der Waals surface area contributed by atoms with E-state index >= 15 is 0 Å². The number of hydrogen-bond donors (Lipinski definition) is 1. The molecule has 80 valence electrons. The van der Waals surface area contributed by atoms with Crippen molar-refractivity contribution in [3.8, 4) is 0 Å². The van der Waals surface area contributed by atoms with E-state index in [0.717, 1.165) is 12.6 Å². The molecule has 2 N–H and O–H groups in total. The average molecular weight is 194 g/mol. The molecule has 0 atom stereocenters. The van der Waals surface area contributed by atoms with Crippen LogP contribution in [0.1, 0.15) is 38.5 Å². The predicted octanol–water partition coefficient (Wildman–Crippen LogP) is 1.91. The third-order valence-electron chi connectivity index (χ3n) is 3.67. The lowest BCUT2D eigenvalue weighted by Crippen LogP contribution is -2.49. The zero-order valence-electron chi connectivity index (χ0n) is 9.04. The van der Waals surface area contributed by atoms with E-state index < -0.39 is 0 Å². The fourth-order valence-corrected chi connectivity index (χ4v) is 2.28. The molecule has 2 heteroatoms. The molecular formula is C12H22N2. The third-order valence-corrected chi connectivity index (χ3v) is 3.67. The zero-order valence-corrected chi connectivity index (χ0v) is 9.04. The lowest BCUT2D eigenvalue weighted by atomic mass is 9.75. The third kappa shape index (κ3) is 2.37. The molecule has 14 heavy (non-hydrogen) atoms. The minimum absolute atomic E-state index is 0.189. The van der Waals surface area contributed by atoms with Crippen LogP contribution < -0.4 is 5.73 Å². The van der Waals surface area contributed by atoms with Gasteiger partial charge in [0.1, 0.15) is 0 Å². The summed E-state index contributed by atoms with van der Waals surface area (Å²) in [5.74, 6) is 0. The highest BCUT2D eigenvalue weighted by molar-refractivity contribution is 4.95. The Kier molecular flexibility index (Phi) is 2.93. The van der Waals surface area contributed by atoms with Crippen molar-refractivity contribution in [3.05, 3.63) is 12.7 Å². The van der Waals surface area contributed by atoms with Crippen molar-refractivity contribution in [2.75, 3.05) is 13.1 Å². The second-order valence-corrected chi connectivity index (χ2v) is 4.98. The highest BCUT2D eigenvalue weighted by Gasteiger charge is 2.34. The topological polar surface area (TPSA) is 29.3 Å². The van der Waals surface area contributed by atoms with E-state index in [1.807, 2.05) is 6.08 Å². The lowest BCUT2D eigenvalue weighted by Gasteiger charge is -2.39. The van der Waals surface area contributed by atoms with Crippen molar-refractivity contribution < 1.29 is 0 Å². The van der Waals surface area contributed by atoms with Gasteiger partial charge >= 0.3 is 0 Å². The fraction of sp³-hybridized carbons (Fsp3) is 0.833. The molecule has 2 aliphatic rings. The Bertz CT molecular complexity index is 204. The summed E-state index contributed by atoms with van der Waals surface area (Å²) >= 11 is 0. The summed E-state index contributed by atoms with van der Waals surface area (Å²) in [5, 5.41) is 0. The van der Waals surface area contributed by atoms with E-state index in [1.165, 1.54) is 45.1 Å². The van der Waals surface area contributed by atoms with E-state index in [2.05, 4.69) is 11.5 Å². The number of nitrogens with zero attached hydrogens (tertiary/aromatic N) is 1. The molecule has 2 nitrogen and oxygen atoms in total. The molecule has 2 fully saturated rings. The van der Waals surface area contributed by atoms with Crippen LogP contribution in [0.5, 0.6) is 0 Å². The second kappa shape index (κ2) is 4.03. The molecular weight excluding hydrogens is 172 g/mol. The molecule has 0 aromatic carbocycles. The summed E-state index contributed by atoms with van der Waals surface area (Å²) in [6.45, 7) is 6.03. The first-order valence-corrected chi connectivity index (χ1v) is 5.87. The van der Waals surface area contributed by atoms with Gasteiger partial charge < -0.3 is 5.73 Å². The zero-order chi connectivity index (χ0) is 10.0. The molecule has 0 unspecified atom stereocenters. The predicted molar refractivity (Wildman–Crippen MR) is 60.2 cm³/mol. The molecule has 0 aromatic heterocycles. The summed E-state index contributed by atoms with van der Waals surface area (Å²) in [6.07, 6.45) is 9.76. The van der Waals surface area contributed by atoms with E-state index in [-0.39, 0.29) is 5.54 Å². The normalized spacial score (nSPS) is 24.7. The van der Waals surface area contributed by atoms with Crippen LogP contribution in [0.15, 0.2) is 12.7 Å². The Morgan fingerprint density at radius 3 is 2.57 bits per heavy atom. The first-order valence-electron chi connectivity index (χ1n) is 5.87. The van der Waals surface area contributed by atoms with Gasteiger partial charge in [0.25, 0.3) is 0 Å². The molecule has 0 aromatic rings. The largest absolute Gasteiger partial charge is 0.325 e. The maximum absolute atomic E-state index is 6.22. The molecule has 0 amide bonds. The molecule has 0 radical (unpaired) electrons. The van der Waals surface area contributed by atoms with Gasteiger partial charge in [-0.25, -0.2) is 0 Å². The molecule has 0 bridgehead atoms. The fourth-order valence-electron chi connectivity index (χ4n) is 2.28. The number of hydrogen-bond acceptors (Lipinski definition) is 2. The molecule has 0 saturated heterocycles. The first kappa shape index (κ1) is 10.2. The first-order chi connectivity index (χ1) is 6.73. The van der Waals surface area contributed by atoms with E-state index in [0.29, 0.717) is 0 Å². The maximum Gasteiger partial charge on any atom is 0.0166 e. The summed E-state index contributed by atoms with van der Waals surface area (Å²) < 4.78 is 0. The van der Waals surface area contributed by atoms with Gasteiger partial charge in [-0.15, -0.1) is 6.58 Å². The van der Waals surface area contributed by atoms with E-state index in [9.17, 15) is 0 Å². The van der Waals surface area contributed by atoms with Crippen molar-refractivity contribution >= 4 is 0 Å². The van der Waals surface area contributed by atoms with Gasteiger partial charge in [-0.1, -0.05) is 6.08 Å². The van der Waals surface area contributed by atoms with E-state index in [1.54, 1.807) is 0 Å². The van der Waals surface area contributed by atoms with Crippen molar-refractivity contribution in [1.29, 1.82) is 0 Å². The van der Waals surface area contributed by atoms with Gasteiger partial charge in [0.05, 0.1) is 0 Å². The Hall–Kier alpha value is -0.340. The summed E-state index contributed by atoms with van der Waals surface area (Å²) in [7, 11) is 0. The molecule has 2 saturated carbocycles. The van der Waals surface area contributed by atoms with Crippen LogP contribution >= 0.6 is 0 Å². The SMILES string of the molecule is C=CCN(CCC1(N)CCC1)C1CC1. The molecule has 0 aliphatic heterocycles. The number of nitrogens with two attached hydrogens (primary N) is 1. The maximum atomic E-state index is 6.22. The summed E-state index contributed by atoms with van der Waals surface area (Å²) in [4.78, 5) is 2.54. The van der Waals surface area contributed by atoms with Gasteiger partial charge in [0.15, 0.2) is 0 Å². The number of rotatable bonds is 6. The Morgan fingerprint density at radius 1 is 1.43 bits per heavy atom. The van der Waals surface area contributed by atoms with Gasteiger partial charge in [-0.05, 0) is 38.5 Å². The van der Waals surface area contributed by atoms with Gasteiger partial charge in [0.2, 0.25) is 0 Å². The van der Waals surface area contributed by atoms with Gasteiger partial charge in [-0.2, -0.15) is 0 Å². The highest BCUT2D eigenvalue weighted by atomic mass is 15.2. The van der Waals surface area contributed by atoms with Crippen LogP contribution in [-0.4, -0.2) is 29.6 Å². The van der Waals surface area contributed by atoms with Crippen LogP contribution in [0.3, 0.4) is 0 Å². The Labute approximate surface area is 87.2 Å². The molecule has 2 rings (SSSR count).